The third-order valence-corrected chi connectivity index (χ3v) is 3.97. The molecule has 0 aromatic carbocycles. The molecule has 6 nitrogen and oxygen atoms in total. The number of carbonyl (C=O) groups is 1. The molecule has 0 aliphatic rings. The van der Waals surface area contributed by atoms with Gasteiger partial charge in [0.2, 0.25) is 11.8 Å². The normalized spacial score (nSPS) is 12.3. The number of nitrogens with zero attached hydrogens (tertiary/aromatic N) is 3. The third kappa shape index (κ3) is 4.91. The molecule has 2 aromatic rings. The smallest absolute Gasteiger partial charge is 0.243 e. The zero-order valence-corrected chi connectivity index (χ0v) is 13.8. The van der Waals surface area contributed by atoms with Crippen molar-refractivity contribution in [3.05, 3.63) is 36.2 Å². The molecule has 7 heteroatoms. The Labute approximate surface area is 134 Å². The summed E-state index contributed by atoms with van der Waals surface area (Å²) < 4.78 is 7.02. The molecule has 0 unspecified atom stereocenters. The Morgan fingerprint density at radius 1 is 1.45 bits per heavy atom. The minimum atomic E-state index is -0.145. The Hall–Kier alpha value is -1.76. The van der Waals surface area contributed by atoms with Gasteiger partial charge in [-0.2, -0.15) is 16.7 Å². The summed E-state index contributed by atoms with van der Waals surface area (Å²) in [5.41, 5.74) is 0. The van der Waals surface area contributed by atoms with E-state index in [0.29, 0.717) is 24.7 Å². The fourth-order valence-corrected chi connectivity index (χ4v) is 2.67. The quantitative estimate of drug-likeness (QED) is 0.717. The lowest BCUT2D eigenvalue weighted by atomic mass is 10.2. The standard InChI is InChI=1S/C15H22N4O2S/c1-12-17-14(21-18-12)6-5-8-16-15(20)13(7-11-22-2)19-9-3-4-10-19/h3-4,9-10,13H,5-8,11H2,1-2H3,(H,16,20)/t13-/m0/s1. The maximum absolute atomic E-state index is 12.4. The number of rotatable bonds is 9. The van der Waals surface area contributed by atoms with Gasteiger partial charge < -0.3 is 14.4 Å². The van der Waals surface area contributed by atoms with Crippen molar-refractivity contribution in [2.75, 3.05) is 18.6 Å². The summed E-state index contributed by atoms with van der Waals surface area (Å²) in [7, 11) is 0. The molecule has 1 N–H and O–H groups in total. The van der Waals surface area contributed by atoms with E-state index in [1.165, 1.54) is 0 Å². The van der Waals surface area contributed by atoms with E-state index in [4.69, 9.17) is 4.52 Å². The monoisotopic (exact) mass is 322 g/mol. The van der Waals surface area contributed by atoms with Crippen LogP contribution in [-0.4, -0.2) is 39.2 Å². The Morgan fingerprint density at radius 2 is 2.23 bits per heavy atom. The molecule has 22 heavy (non-hydrogen) atoms. The Balaban J connectivity index is 1.78. The highest BCUT2D eigenvalue weighted by Gasteiger charge is 2.18. The first-order chi connectivity index (χ1) is 10.7. The highest BCUT2D eigenvalue weighted by atomic mass is 32.2. The van der Waals surface area contributed by atoms with Crippen LogP contribution < -0.4 is 5.32 Å². The highest BCUT2D eigenvalue weighted by molar-refractivity contribution is 7.98. The predicted octanol–water partition coefficient (Wildman–Crippen LogP) is 2.22. The van der Waals surface area contributed by atoms with Crippen molar-refractivity contribution in [3.63, 3.8) is 0 Å². The zero-order chi connectivity index (χ0) is 15.8. The number of carbonyl (C=O) groups excluding carboxylic acids is 1. The topological polar surface area (TPSA) is 73.0 Å². The summed E-state index contributed by atoms with van der Waals surface area (Å²) in [6, 6.07) is 3.74. The first kappa shape index (κ1) is 16.6. The predicted molar refractivity (Wildman–Crippen MR) is 86.8 cm³/mol. The van der Waals surface area contributed by atoms with E-state index in [1.54, 1.807) is 18.7 Å². The molecule has 0 radical (unpaired) electrons. The van der Waals surface area contributed by atoms with Crippen LogP contribution in [0.4, 0.5) is 0 Å². The first-order valence-electron chi connectivity index (χ1n) is 7.39. The molecule has 2 rings (SSSR count). The fraction of sp³-hybridized carbons (Fsp3) is 0.533. The molecule has 1 amide bonds. The first-order valence-corrected chi connectivity index (χ1v) is 8.78. The van der Waals surface area contributed by atoms with E-state index < -0.39 is 0 Å². The largest absolute Gasteiger partial charge is 0.354 e. The van der Waals surface area contributed by atoms with E-state index in [1.807, 2.05) is 29.1 Å². The molecule has 0 spiro atoms. The molecule has 0 bridgehead atoms. The van der Waals surface area contributed by atoms with Crippen molar-refractivity contribution in [1.82, 2.24) is 20.0 Å². The van der Waals surface area contributed by atoms with Gasteiger partial charge in [0, 0.05) is 25.4 Å². The van der Waals surface area contributed by atoms with E-state index in [2.05, 4.69) is 21.7 Å². The average molecular weight is 322 g/mol. The third-order valence-electron chi connectivity index (χ3n) is 3.32. The number of thioether (sulfide) groups is 1. The van der Waals surface area contributed by atoms with Gasteiger partial charge in [0.15, 0.2) is 5.82 Å². The van der Waals surface area contributed by atoms with Crippen LogP contribution in [0.2, 0.25) is 0 Å². The Bertz CT molecular complexity index is 568. The molecular weight excluding hydrogens is 300 g/mol. The van der Waals surface area contributed by atoms with Gasteiger partial charge >= 0.3 is 0 Å². The lowest BCUT2D eigenvalue weighted by Gasteiger charge is -2.18. The average Bonchev–Trinajstić information content (AvgIpc) is 3.16. The van der Waals surface area contributed by atoms with Crippen LogP contribution in [0, 0.1) is 6.92 Å². The number of aryl methyl sites for hydroxylation is 2. The molecule has 0 aliphatic carbocycles. The summed E-state index contributed by atoms with van der Waals surface area (Å²) in [4.78, 5) is 16.5. The molecule has 2 heterocycles. The zero-order valence-electron chi connectivity index (χ0n) is 13.0. The van der Waals surface area contributed by atoms with E-state index in [0.717, 1.165) is 18.6 Å². The molecule has 0 aliphatic heterocycles. The fourth-order valence-electron chi connectivity index (χ4n) is 2.21. The van der Waals surface area contributed by atoms with Crippen LogP contribution in [0.15, 0.2) is 29.0 Å². The van der Waals surface area contributed by atoms with Gasteiger partial charge in [-0.15, -0.1) is 0 Å². The van der Waals surface area contributed by atoms with Crippen molar-refractivity contribution in [2.45, 2.75) is 32.2 Å². The van der Waals surface area contributed by atoms with E-state index in [9.17, 15) is 4.79 Å². The van der Waals surface area contributed by atoms with Crippen molar-refractivity contribution in [1.29, 1.82) is 0 Å². The molecule has 0 saturated heterocycles. The van der Waals surface area contributed by atoms with Crippen molar-refractivity contribution >= 4 is 17.7 Å². The van der Waals surface area contributed by atoms with Gasteiger partial charge in [-0.25, -0.2) is 0 Å². The SMILES string of the molecule is CSCC[C@@H](C(=O)NCCCc1nc(C)no1)n1cccc1. The molecule has 0 fully saturated rings. The Kier molecular flexibility index (Phi) is 6.51. The summed E-state index contributed by atoms with van der Waals surface area (Å²) in [6.45, 7) is 2.40. The second-order valence-electron chi connectivity index (χ2n) is 5.06. The second-order valence-corrected chi connectivity index (χ2v) is 6.04. The van der Waals surface area contributed by atoms with Gasteiger partial charge in [0.1, 0.15) is 6.04 Å². The van der Waals surface area contributed by atoms with Crippen molar-refractivity contribution < 1.29 is 9.32 Å². The van der Waals surface area contributed by atoms with Gasteiger partial charge in [-0.3, -0.25) is 4.79 Å². The van der Waals surface area contributed by atoms with E-state index in [-0.39, 0.29) is 11.9 Å². The molecule has 1 atom stereocenters. The van der Waals surface area contributed by atoms with Crippen LogP contribution >= 0.6 is 11.8 Å². The molecule has 2 aromatic heterocycles. The maximum atomic E-state index is 12.4. The minimum absolute atomic E-state index is 0.0620. The van der Waals surface area contributed by atoms with Crippen LogP contribution in [0.5, 0.6) is 0 Å². The number of amides is 1. The van der Waals surface area contributed by atoms with Crippen LogP contribution in [-0.2, 0) is 11.2 Å². The summed E-state index contributed by atoms with van der Waals surface area (Å²) >= 11 is 1.75. The van der Waals surface area contributed by atoms with E-state index >= 15 is 0 Å². The van der Waals surface area contributed by atoms with Gasteiger partial charge in [0.25, 0.3) is 0 Å². The summed E-state index contributed by atoms with van der Waals surface area (Å²) in [6.07, 6.45) is 8.22. The minimum Gasteiger partial charge on any atom is -0.354 e. The number of hydrogen-bond acceptors (Lipinski definition) is 5. The number of hydrogen-bond donors (Lipinski definition) is 1. The Morgan fingerprint density at radius 3 is 2.86 bits per heavy atom. The lowest BCUT2D eigenvalue weighted by Crippen LogP contribution is -2.33. The maximum Gasteiger partial charge on any atom is 0.243 e. The van der Waals surface area contributed by atoms with Crippen molar-refractivity contribution in [2.24, 2.45) is 0 Å². The molecule has 120 valence electrons. The van der Waals surface area contributed by atoms with Crippen molar-refractivity contribution in [3.8, 4) is 0 Å². The van der Waals surface area contributed by atoms with Gasteiger partial charge in [0.05, 0.1) is 0 Å². The molecule has 0 saturated carbocycles. The second kappa shape index (κ2) is 8.63. The number of nitrogens with one attached hydrogen (secondary N) is 1. The molecular formula is C15H22N4O2S. The summed E-state index contributed by atoms with van der Waals surface area (Å²) in [5, 5.41) is 6.75. The number of aromatic nitrogens is 3. The van der Waals surface area contributed by atoms with Crippen LogP contribution in [0.25, 0.3) is 0 Å². The van der Waals surface area contributed by atoms with Crippen LogP contribution in [0.1, 0.15) is 30.6 Å². The lowest BCUT2D eigenvalue weighted by molar-refractivity contribution is -0.124. The van der Waals surface area contributed by atoms with Gasteiger partial charge in [-0.05, 0) is 43.9 Å². The van der Waals surface area contributed by atoms with Gasteiger partial charge in [-0.1, -0.05) is 5.16 Å². The highest BCUT2D eigenvalue weighted by Crippen LogP contribution is 2.15. The van der Waals surface area contributed by atoms with Crippen LogP contribution in [0.3, 0.4) is 0 Å². The summed E-state index contributed by atoms with van der Waals surface area (Å²) in [5.74, 6) is 2.28.